The molecule has 180 valence electrons. The first-order valence-electron chi connectivity index (χ1n) is 10.5. The minimum absolute atomic E-state index is 0. The summed E-state index contributed by atoms with van der Waals surface area (Å²) in [7, 11) is 0. The van der Waals surface area contributed by atoms with E-state index >= 15 is 0 Å². The van der Waals surface area contributed by atoms with Crippen LogP contribution in [0.5, 0.6) is 5.75 Å². The van der Waals surface area contributed by atoms with E-state index in [0.717, 1.165) is 29.5 Å². The second-order valence-corrected chi connectivity index (χ2v) is 9.70. The lowest BCUT2D eigenvalue weighted by Gasteiger charge is -2.47. The topological polar surface area (TPSA) is 131 Å². The molecule has 0 unspecified atom stereocenters. The molecule has 0 aliphatic carbocycles. The SMILES string of the molecule is CC1(C)CC(n2ccc(/C=C(\N)c3ncc(-c4cn[nH]c4)cc3O)c2N)CC(C)(C)N1.Cl.Cl. The predicted molar refractivity (Wildman–Crippen MR) is 138 cm³/mol. The van der Waals surface area contributed by atoms with E-state index in [-0.39, 0.29) is 47.7 Å². The molecule has 10 heteroatoms. The maximum atomic E-state index is 10.5. The van der Waals surface area contributed by atoms with Gasteiger partial charge >= 0.3 is 0 Å². The van der Waals surface area contributed by atoms with Gasteiger partial charge in [-0.3, -0.25) is 10.1 Å². The third kappa shape index (κ3) is 5.63. The summed E-state index contributed by atoms with van der Waals surface area (Å²) >= 11 is 0. The molecule has 7 N–H and O–H groups in total. The normalized spacial score (nSPS) is 17.8. The Morgan fingerprint density at radius 2 is 1.82 bits per heavy atom. The van der Waals surface area contributed by atoms with Crippen molar-refractivity contribution in [1.82, 2.24) is 25.1 Å². The van der Waals surface area contributed by atoms with Crippen molar-refractivity contribution in [3.05, 3.63) is 48.2 Å². The Morgan fingerprint density at radius 1 is 1.15 bits per heavy atom. The van der Waals surface area contributed by atoms with Crippen molar-refractivity contribution < 1.29 is 5.11 Å². The molecule has 0 radical (unpaired) electrons. The smallest absolute Gasteiger partial charge is 0.143 e. The van der Waals surface area contributed by atoms with Gasteiger partial charge in [0.1, 0.15) is 17.3 Å². The number of aromatic amines is 1. The van der Waals surface area contributed by atoms with Gasteiger partial charge in [-0.25, -0.2) is 0 Å². The number of aromatic hydroxyl groups is 1. The van der Waals surface area contributed by atoms with Gasteiger partial charge in [0.15, 0.2) is 0 Å². The molecule has 3 aromatic rings. The molecule has 0 amide bonds. The number of anilines is 1. The number of hydrogen-bond acceptors (Lipinski definition) is 6. The standard InChI is InChI=1S/C23H31N7O.2ClH/c1-22(2)9-17(10-23(3,4)29-22)30-6-5-14(21(30)25)7-18(24)20-19(31)8-15(11-26-20)16-12-27-28-13-16;;/h5-8,11-13,17,29,31H,9-10,24-25H2,1-4H3,(H,27,28);2*1H/b18-7-;;. The third-order valence-corrected chi connectivity index (χ3v) is 5.83. The summed E-state index contributed by atoms with van der Waals surface area (Å²) < 4.78 is 2.14. The number of aromatic nitrogens is 4. The molecule has 0 atom stereocenters. The van der Waals surface area contributed by atoms with E-state index in [0.29, 0.717) is 17.2 Å². The molecule has 0 spiro atoms. The van der Waals surface area contributed by atoms with Crippen molar-refractivity contribution >= 4 is 42.4 Å². The van der Waals surface area contributed by atoms with Crippen LogP contribution in [0, 0.1) is 0 Å². The monoisotopic (exact) mass is 493 g/mol. The minimum Gasteiger partial charge on any atom is -0.506 e. The zero-order valence-electron chi connectivity index (χ0n) is 19.3. The average Bonchev–Trinajstić information content (AvgIpc) is 3.30. The number of hydrogen-bond donors (Lipinski definition) is 5. The predicted octanol–water partition coefficient (Wildman–Crippen LogP) is 4.34. The summed E-state index contributed by atoms with van der Waals surface area (Å²) in [5.74, 6) is 0.670. The zero-order chi connectivity index (χ0) is 22.4. The molecule has 1 aliphatic rings. The van der Waals surface area contributed by atoms with E-state index in [1.54, 1.807) is 30.7 Å². The molecule has 4 heterocycles. The maximum absolute atomic E-state index is 10.5. The number of nitrogens with one attached hydrogen (secondary N) is 2. The van der Waals surface area contributed by atoms with Crippen LogP contribution in [0.3, 0.4) is 0 Å². The number of piperidine rings is 1. The van der Waals surface area contributed by atoms with Crippen molar-refractivity contribution in [2.24, 2.45) is 5.73 Å². The van der Waals surface area contributed by atoms with Gasteiger partial charge in [-0.05, 0) is 58.7 Å². The van der Waals surface area contributed by atoms with Crippen LogP contribution in [0.2, 0.25) is 0 Å². The minimum atomic E-state index is 0. The highest BCUT2D eigenvalue weighted by Gasteiger charge is 2.38. The van der Waals surface area contributed by atoms with Crippen molar-refractivity contribution in [2.75, 3.05) is 5.73 Å². The molecular formula is C23H33Cl2N7O. The summed E-state index contributed by atoms with van der Waals surface area (Å²) in [5.41, 5.74) is 15.9. The average molecular weight is 494 g/mol. The Morgan fingerprint density at radius 3 is 2.39 bits per heavy atom. The third-order valence-electron chi connectivity index (χ3n) is 5.83. The van der Waals surface area contributed by atoms with E-state index < -0.39 is 0 Å². The van der Waals surface area contributed by atoms with Crippen LogP contribution in [0.1, 0.15) is 57.8 Å². The van der Waals surface area contributed by atoms with Gasteiger partial charge in [-0.1, -0.05) is 0 Å². The Hall–Kier alpha value is -2.68. The lowest BCUT2D eigenvalue weighted by molar-refractivity contribution is 0.134. The Balaban J connectivity index is 0.00000193. The van der Waals surface area contributed by atoms with Gasteiger partial charge in [-0.15, -0.1) is 24.8 Å². The summed E-state index contributed by atoms with van der Waals surface area (Å²) in [6, 6.07) is 3.87. The quantitative estimate of drug-likeness (QED) is 0.367. The molecule has 33 heavy (non-hydrogen) atoms. The lowest BCUT2D eigenvalue weighted by Crippen LogP contribution is -2.57. The molecule has 1 aliphatic heterocycles. The van der Waals surface area contributed by atoms with E-state index in [4.69, 9.17) is 11.5 Å². The highest BCUT2D eigenvalue weighted by Crippen LogP contribution is 2.38. The summed E-state index contributed by atoms with van der Waals surface area (Å²) in [4.78, 5) is 4.35. The number of nitrogens with two attached hydrogens (primary N) is 2. The van der Waals surface area contributed by atoms with Crippen LogP contribution in [0.4, 0.5) is 5.82 Å². The van der Waals surface area contributed by atoms with Crippen LogP contribution in [-0.2, 0) is 0 Å². The largest absolute Gasteiger partial charge is 0.506 e. The van der Waals surface area contributed by atoms with Gasteiger partial charge in [0.25, 0.3) is 0 Å². The number of H-pyrrole nitrogens is 1. The molecular weight excluding hydrogens is 461 g/mol. The molecule has 0 bridgehead atoms. The number of rotatable bonds is 4. The van der Waals surface area contributed by atoms with Crippen molar-refractivity contribution in [1.29, 1.82) is 0 Å². The zero-order valence-corrected chi connectivity index (χ0v) is 20.9. The van der Waals surface area contributed by atoms with Crippen molar-refractivity contribution in [2.45, 2.75) is 57.7 Å². The first-order valence-corrected chi connectivity index (χ1v) is 10.5. The number of nitrogen functional groups attached to an aromatic ring is 1. The number of halogens is 2. The molecule has 1 saturated heterocycles. The van der Waals surface area contributed by atoms with Crippen LogP contribution < -0.4 is 16.8 Å². The molecule has 1 fully saturated rings. The van der Waals surface area contributed by atoms with E-state index in [2.05, 4.69) is 52.8 Å². The van der Waals surface area contributed by atoms with Crippen molar-refractivity contribution in [3.63, 3.8) is 0 Å². The van der Waals surface area contributed by atoms with E-state index in [1.807, 2.05) is 12.3 Å². The second kappa shape index (κ2) is 9.67. The molecule has 4 rings (SSSR count). The highest BCUT2D eigenvalue weighted by atomic mass is 35.5. The molecule has 0 aromatic carbocycles. The van der Waals surface area contributed by atoms with E-state index in [9.17, 15) is 5.11 Å². The fourth-order valence-electron chi connectivity index (χ4n) is 4.86. The van der Waals surface area contributed by atoms with Crippen LogP contribution in [-0.4, -0.2) is 35.9 Å². The second-order valence-electron chi connectivity index (χ2n) is 9.70. The highest BCUT2D eigenvalue weighted by molar-refractivity contribution is 5.86. The first kappa shape index (κ1) is 26.6. The van der Waals surface area contributed by atoms with Crippen LogP contribution >= 0.6 is 24.8 Å². The van der Waals surface area contributed by atoms with Crippen molar-refractivity contribution in [3.8, 4) is 16.9 Å². The van der Waals surface area contributed by atoms with Crippen LogP contribution in [0.25, 0.3) is 22.9 Å². The first-order chi connectivity index (χ1) is 14.5. The van der Waals surface area contributed by atoms with Gasteiger partial charge in [-0.2, -0.15) is 5.10 Å². The van der Waals surface area contributed by atoms with Gasteiger partial charge < -0.3 is 26.5 Å². The Bertz CT molecular complexity index is 1100. The maximum Gasteiger partial charge on any atom is 0.143 e. The lowest BCUT2D eigenvalue weighted by atomic mass is 9.79. The summed E-state index contributed by atoms with van der Waals surface area (Å²) in [5, 5.41) is 20.8. The molecule has 8 nitrogen and oxygen atoms in total. The number of pyridine rings is 1. The van der Waals surface area contributed by atoms with E-state index in [1.165, 1.54) is 0 Å². The molecule has 3 aromatic heterocycles. The fourth-order valence-corrected chi connectivity index (χ4v) is 4.86. The Kier molecular flexibility index (Phi) is 7.78. The van der Waals surface area contributed by atoms with Gasteiger partial charge in [0.05, 0.1) is 11.9 Å². The van der Waals surface area contributed by atoms with Gasteiger partial charge in [0.2, 0.25) is 0 Å². The van der Waals surface area contributed by atoms with Gasteiger partial charge in [0, 0.05) is 52.4 Å². The molecule has 0 saturated carbocycles. The Labute approximate surface area is 206 Å². The summed E-state index contributed by atoms with van der Waals surface area (Å²) in [6.07, 6.45) is 10.8. The number of nitrogens with zero attached hydrogens (tertiary/aromatic N) is 3. The van der Waals surface area contributed by atoms with Crippen LogP contribution in [0.15, 0.2) is 36.9 Å². The fraction of sp³-hybridized carbons (Fsp3) is 0.391. The summed E-state index contributed by atoms with van der Waals surface area (Å²) in [6.45, 7) is 8.89.